The second-order valence-corrected chi connectivity index (χ2v) is 7.16. The molecule has 1 aliphatic heterocycles. The highest BCUT2D eigenvalue weighted by Gasteiger charge is 2.36. The molecule has 0 bridgehead atoms. The van der Waals surface area contributed by atoms with Gasteiger partial charge in [0, 0.05) is 0 Å². The molecule has 1 saturated heterocycles. The summed E-state index contributed by atoms with van der Waals surface area (Å²) in [6, 6.07) is 12.8. The lowest BCUT2D eigenvalue weighted by molar-refractivity contribution is -0.122. The molecule has 2 aromatic rings. The van der Waals surface area contributed by atoms with Gasteiger partial charge in [0.2, 0.25) is 0 Å². The van der Waals surface area contributed by atoms with Crippen molar-refractivity contribution in [1.29, 1.82) is 0 Å². The largest absolute Gasteiger partial charge is 0.494 e. The highest BCUT2D eigenvalue weighted by molar-refractivity contribution is 6.39. The van der Waals surface area contributed by atoms with Gasteiger partial charge >= 0.3 is 6.03 Å². The molecule has 7 nitrogen and oxygen atoms in total. The molecule has 0 spiro atoms. The number of imide groups is 2. The van der Waals surface area contributed by atoms with Crippen molar-refractivity contribution in [3.63, 3.8) is 0 Å². The van der Waals surface area contributed by atoms with Crippen LogP contribution in [0.15, 0.2) is 54.1 Å². The summed E-state index contributed by atoms with van der Waals surface area (Å²) in [6.07, 6.45) is 1.46. The van der Waals surface area contributed by atoms with Gasteiger partial charge in [-0.3, -0.25) is 14.9 Å². The Kier molecular flexibility index (Phi) is 6.51. The Bertz CT molecular complexity index is 962. The summed E-state index contributed by atoms with van der Waals surface area (Å²) in [6.45, 7) is 7.08. The van der Waals surface area contributed by atoms with E-state index in [1.807, 2.05) is 6.92 Å². The van der Waals surface area contributed by atoms with Gasteiger partial charge in [-0.2, -0.15) is 0 Å². The number of carbonyl (C=O) groups is 3. The molecule has 0 saturated carbocycles. The maximum Gasteiger partial charge on any atom is 0.335 e. The van der Waals surface area contributed by atoms with E-state index in [4.69, 9.17) is 9.47 Å². The number of rotatable bonds is 7. The van der Waals surface area contributed by atoms with Gasteiger partial charge in [0.05, 0.1) is 18.9 Å². The number of ether oxygens (including phenoxy) is 2. The van der Waals surface area contributed by atoms with Gasteiger partial charge in [-0.05, 0) is 60.9 Å². The molecule has 156 valence electrons. The highest BCUT2D eigenvalue weighted by atomic mass is 16.5. The van der Waals surface area contributed by atoms with E-state index >= 15 is 0 Å². The van der Waals surface area contributed by atoms with Crippen molar-refractivity contribution in [1.82, 2.24) is 5.32 Å². The van der Waals surface area contributed by atoms with E-state index in [0.717, 1.165) is 4.90 Å². The summed E-state index contributed by atoms with van der Waals surface area (Å²) < 4.78 is 11.0. The monoisotopic (exact) mass is 408 g/mol. The molecule has 3 rings (SSSR count). The van der Waals surface area contributed by atoms with Gasteiger partial charge in [0.1, 0.15) is 17.1 Å². The van der Waals surface area contributed by atoms with Gasteiger partial charge in [-0.25, -0.2) is 9.69 Å². The molecule has 0 atom stereocenters. The van der Waals surface area contributed by atoms with E-state index in [-0.39, 0.29) is 5.57 Å². The first-order valence-corrected chi connectivity index (χ1v) is 9.76. The van der Waals surface area contributed by atoms with Crippen LogP contribution in [0.4, 0.5) is 10.5 Å². The van der Waals surface area contributed by atoms with Crippen LogP contribution >= 0.6 is 0 Å². The summed E-state index contributed by atoms with van der Waals surface area (Å²) >= 11 is 0. The molecule has 0 aromatic heterocycles. The van der Waals surface area contributed by atoms with Crippen molar-refractivity contribution in [3.05, 3.63) is 59.7 Å². The zero-order valence-electron chi connectivity index (χ0n) is 17.2. The fourth-order valence-electron chi connectivity index (χ4n) is 2.84. The summed E-state index contributed by atoms with van der Waals surface area (Å²) in [4.78, 5) is 38.4. The van der Waals surface area contributed by atoms with Crippen LogP contribution < -0.4 is 19.7 Å². The fourth-order valence-corrected chi connectivity index (χ4v) is 2.84. The third-order valence-corrected chi connectivity index (χ3v) is 4.28. The minimum Gasteiger partial charge on any atom is -0.494 e. The van der Waals surface area contributed by atoms with E-state index < -0.39 is 17.8 Å². The Labute approximate surface area is 175 Å². The Balaban J connectivity index is 1.83. The molecule has 1 heterocycles. The van der Waals surface area contributed by atoms with Gasteiger partial charge in [0.15, 0.2) is 0 Å². The zero-order valence-corrected chi connectivity index (χ0v) is 17.2. The third kappa shape index (κ3) is 4.86. The Morgan fingerprint density at radius 1 is 0.933 bits per heavy atom. The predicted octanol–water partition coefficient (Wildman–Crippen LogP) is 3.79. The quantitative estimate of drug-likeness (QED) is 0.557. The lowest BCUT2D eigenvalue weighted by Gasteiger charge is -2.26. The van der Waals surface area contributed by atoms with Crippen LogP contribution in [0.3, 0.4) is 0 Å². The number of anilines is 1. The average Bonchev–Trinajstić information content (AvgIpc) is 2.72. The number of urea groups is 1. The number of benzene rings is 2. The van der Waals surface area contributed by atoms with Crippen molar-refractivity contribution in [2.75, 3.05) is 18.1 Å². The molecule has 1 N–H and O–H groups in total. The second-order valence-electron chi connectivity index (χ2n) is 7.16. The van der Waals surface area contributed by atoms with E-state index in [0.29, 0.717) is 41.9 Å². The van der Waals surface area contributed by atoms with Crippen LogP contribution in [0.2, 0.25) is 0 Å². The van der Waals surface area contributed by atoms with E-state index in [2.05, 4.69) is 19.2 Å². The second kappa shape index (κ2) is 9.26. The van der Waals surface area contributed by atoms with Gasteiger partial charge in [-0.1, -0.05) is 26.0 Å². The molecule has 7 heteroatoms. The number of hydrogen-bond donors (Lipinski definition) is 1. The van der Waals surface area contributed by atoms with Crippen LogP contribution in [0.25, 0.3) is 6.08 Å². The maximum atomic E-state index is 12.9. The molecule has 2 aromatic carbocycles. The van der Waals surface area contributed by atoms with Crippen molar-refractivity contribution >= 4 is 29.6 Å². The Morgan fingerprint density at radius 3 is 2.13 bits per heavy atom. The molecule has 1 fully saturated rings. The topological polar surface area (TPSA) is 84.9 Å². The van der Waals surface area contributed by atoms with Crippen molar-refractivity contribution < 1.29 is 23.9 Å². The highest BCUT2D eigenvalue weighted by Crippen LogP contribution is 2.25. The van der Waals surface area contributed by atoms with Crippen LogP contribution in [0.5, 0.6) is 11.5 Å². The van der Waals surface area contributed by atoms with Crippen LogP contribution in [-0.4, -0.2) is 31.1 Å². The Hall–Kier alpha value is -3.61. The first-order chi connectivity index (χ1) is 14.4. The first kappa shape index (κ1) is 21.1. The molecule has 30 heavy (non-hydrogen) atoms. The van der Waals surface area contributed by atoms with E-state index in [9.17, 15) is 14.4 Å². The van der Waals surface area contributed by atoms with E-state index in [1.54, 1.807) is 48.5 Å². The van der Waals surface area contributed by atoms with Gasteiger partial charge in [0.25, 0.3) is 11.8 Å². The summed E-state index contributed by atoms with van der Waals surface area (Å²) in [7, 11) is 0. The van der Waals surface area contributed by atoms with Gasteiger partial charge in [-0.15, -0.1) is 0 Å². The molecule has 1 aliphatic rings. The number of hydrogen-bond acceptors (Lipinski definition) is 5. The van der Waals surface area contributed by atoms with Gasteiger partial charge < -0.3 is 9.47 Å². The first-order valence-electron chi connectivity index (χ1n) is 9.76. The maximum absolute atomic E-state index is 12.9. The minimum absolute atomic E-state index is 0.126. The molecule has 0 aliphatic carbocycles. The molecule has 0 radical (unpaired) electrons. The molecular formula is C23H24N2O5. The summed E-state index contributed by atoms with van der Waals surface area (Å²) in [5, 5.41) is 2.22. The normalized spacial score (nSPS) is 15.5. The standard InChI is InChI=1S/C23H24N2O5/c1-4-29-18-11-7-17(8-12-18)25-22(27)20(21(26)24-23(25)28)13-16-5-9-19(10-6-16)30-14-15(2)3/h5-13,15H,4,14H2,1-3H3,(H,24,26,28)/b20-13+. The smallest absolute Gasteiger partial charge is 0.335 e. The lowest BCUT2D eigenvalue weighted by atomic mass is 10.1. The lowest BCUT2D eigenvalue weighted by Crippen LogP contribution is -2.54. The molecule has 0 unspecified atom stereocenters. The minimum atomic E-state index is -0.788. The SMILES string of the molecule is CCOc1ccc(N2C(=O)NC(=O)/C(=C\c3ccc(OCC(C)C)cc3)C2=O)cc1. The van der Waals surface area contributed by atoms with Crippen molar-refractivity contribution in [2.24, 2.45) is 5.92 Å². The number of amides is 4. The third-order valence-electron chi connectivity index (χ3n) is 4.28. The van der Waals surface area contributed by atoms with Crippen molar-refractivity contribution in [3.8, 4) is 11.5 Å². The number of carbonyl (C=O) groups excluding carboxylic acids is 3. The summed E-state index contributed by atoms with van der Waals surface area (Å²) in [5.74, 6) is 0.316. The average molecular weight is 408 g/mol. The predicted molar refractivity (Wildman–Crippen MR) is 113 cm³/mol. The zero-order chi connectivity index (χ0) is 21.7. The Morgan fingerprint density at radius 2 is 1.53 bits per heavy atom. The molecule has 4 amide bonds. The van der Waals surface area contributed by atoms with Crippen LogP contribution in [-0.2, 0) is 9.59 Å². The van der Waals surface area contributed by atoms with E-state index in [1.165, 1.54) is 6.08 Å². The summed E-state index contributed by atoms with van der Waals surface area (Å²) in [5.41, 5.74) is 0.863. The van der Waals surface area contributed by atoms with Crippen molar-refractivity contribution in [2.45, 2.75) is 20.8 Å². The fraction of sp³-hybridized carbons (Fsp3) is 0.261. The number of nitrogens with one attached hydrogen (secondary N) is 1. The number of barbiturate groups is 1. The van der Waals surface area contributed by atoms with Crippen LogP contribution in [0, 0.1) is 5.92 Å². The van der Waals surface area contributed by atoms with Crippen LogP contribution in [0.1, 0.15) is 26.3 Å². The molecular weight excluding hydrogens is 384 g/mol. The number of nitrogens with zero attached hydrogens (tertiary/aromatic N) is 1.